The molecule has 7 nitrogen and oxygen atoms in total. The lowest BCUT2D eigenvalue weighted by molar-refractivity contribution is 0.0948. The Morgan fingerprint density at radius 2 is 2.18 bits per heavy atom. The maximum absolute atomic E-state index is 12.6. The van der Waals surface area contributed by atoms with Crippen molar-refractivity contribution >= 4 is 33.7 Å². The molecular formula is C20H19BrN4O3. The molecule has 3 aromatic rings. The van der Waals surface area contributed by atoms with Crippen LogP contribution in [0.3, 0.4) is 0 Å². The van der Waals surface area contributed by atoms with Crippen molar-refractivity contribution in [3.63, 3.8) is 0 Å². The molecule has 0 saturated heterocycles. The van der Waals surface area contributed by atoms with Crippen LogP contribution in [0.2, 0.25) is 0 Å². The van der Waals surface area contributed by atoms with Gasteiger partial charge in [-0.15, -0.1) is 0 Å². The third-order valence-electron chi connectivity index (χ3n) is 3.90. The molecule has 2 aromatic heterocycles. The zero-order chi connectivity index (χ0) is 20.1. The van der Waals surface area contributed by atoms with Crippen LogP contribution < -0.4 is 14.9 Å². The largest absolute Gasteiger partial charge is 0.493 e. The monoisotopic (exact) mass is 442 g/mol. The van der Waals surface area contributed by atoms with Crippen molar-refractivity contribution in [2.45, 2.75) is 6.92 Å². The average Bonchev–Trinajstić information content (AvgIpc) is 3.01. The number of carbonyl (C=O) groups is 1. The van der Waals surface area contributed by atoms with Gasteiger partial charge in [0.05, 0.1) is 19.0 Å². The molecule has 0 radical (unpaired) electrons. The topological polar surface area (TPSA) is 77.2 Å². The second kappa shape index (κ2) is 8.71. The van der Waals surface area contributed by atoms with Crippen LogP contribution >= 0.6 is 15.9 Å². The molecule has 0 spiro atoms. The molecule has 0 aliphatic heterocycles. The van der Waals surface area contributed by atoms with Crippen molar-refractivity contribution in [3.8, 4) is 11.5 Å². The Labute approximate surface area is 170 Å². The summed E-state index contributed by atoms with van der Waals surface area (Å²) in [5.41, 5.74) is 5.03. The van der Waals surface area contributed by atoms with E-state index in [0.717, 1.165) is 10.0 Å². The number of aromatic nitrogens is 2. The number of nitrogens with one attached hydrogen (secondary N) is 1. The predicted molar refractivity (Wildman–Crippen MR) is 111 cm³/mol. The zero-order valence-corrected chi connectivity index (χ0v) is 17.1. The number of carbonyl (C=O) groups excluding carboxylic acids is 1. The summed E-state index contributed by atoms with van der Waals surface area (Å²) in [6.45, 7) is 5.79. The van der Waals surface area contributed by atoms with E-state index in [0.29, 0.717) is 35.1 Å². The highest BCUT2D eigenvalue weighted by atomic mass is 79.9. The molecule has 0 bridgehead atoms. The van der Waals surface area contributed by atoms with Gasteiger partial charge in [0.15, 0.2) is 11.5 Å². The first-order valence-corrected chi connectivity index (χ1v) is 9.22. The molecule has 0 atom stereocenters. The number of fused-ring (bicyclic) bond motifs is 1. The van der Waals surface area contributed by atoms with Gasteiger partial charge in [-0.1, -0.05) is 12.7 Å². The maximum Gasteiger partial charge on any atom is 0.290 e. The number of methoxy groups -OCH3 is 1. The summed E-state index contributed by atoms with van der Waals surface area (Å²) >= 11 is 3.41. The second-order valence-corrected chi connectivity index (χ2v) is 6.75. The van der Waals surface area contributed by atoms with Crippen LogP contribution in [-0.2, 0) is 0 Å². The van der Waals surface area contributed by atoms with E-state index < -0.39 is 0 Å². The van der Waals surface area contributed by atoms with Gasteiger partial charge < -0.3 is 9.47 Å². The molecule has 28 heavy (non-hydrogen) atoms. The quantitative estimate of drug-likeness (QED) is 0.343. The van der Waals surface area contributed by atoms with Gasteiger partial charge in [0.1, 0.15) is 17.9 Å². The van der Waals surface area contributed by atoms with Crippen molar-refractivity contribution in [2.75, 3.05) is 13.7 Å². The molecule has 0 aliphatic rings. The zero-order valence-electron chi connectivity index (χ0n) is 15.5. The van der Waals surface area contributed by atoms with Crippen molar-refractivity contribution in [1.29, 1.82) is 0 Å². The number of amides is 1. The highest BCUT2D eigenvalue weighted by Crippen LogP contribution is 2.27. The fourth-order valence-corrected chi connectivity index (χ4v) is 3.00. The first-order valence-electron chi connectivity index (χ1n) is 8.43. The summed E-state index contributed by atoms with van der Waals surface area (Å²) in [7, 11) is 1.56. The van der Waals surface area contributed by atoms with E-state index in [1.54, 1.807) is 42.8 Å². The normalized spacial score (nSPS) is 11.0. The summed E-state index contributed by atoms with van der Waals surface area (Å²) in [5.74, 6) is 0.826. The standard InChI is InChI=1S/C20H19BrN4O3/c1-4-9-28-16-7-5-14(10-17(16)27-3)11-22-24-20(26)19-13(2)23-18-8-6-15(21)12-25(18)19/h4-8,10-12H,1,9H2,2-3H3,(H,24,26)/b22-11-. The summed E-state index contributed by atoms with van der Waals surface area (Å²) in [5, 5.41) is 4.05. The van der Waals surface area contributed by atoms with Gasteiger partial charge in [-0.05, 0) is 58.7 Å². The smallest absolute Gasteiger partial charge is 0.290 e. The molecule has 144 valence electrons. The van der Waals surface area contributed by atoms with Gasteiger partial charge in [0.25, 0.3) is 5.91 Å². The van der Waals surface area contributed by atoms with Crippen molar-refractivity contribution < 1.29 is 14.3 Å². The summed E-state index contributed by atoms with van der Waals surface area (Å²) in [6, 6.07) is 9.06. The molecule has 0 saturated carbocycles. The molecule has 1 amide bonds. The number of hydrogen-bond donors (Lipinski definition) is 1. The van der Waals surface area contributed by atoms with Crippen molar-refractivity contribution in [1.82, 2.24) is 14.8 Å². The van der Waals surface area contributed by atoms with Gasteiger partial charge in [0, 0.05) is 10.7 Å². The third kappa shape index (κ3) is 4.23. The van der Waals surface area contributed by atoms with Crippen molar-refractivity contribution in [2.24, 2.45) is 5.10 Å². The number of aryl methyl sites for hydroxylation is 1. The van der Waals surface area contributed by atoms with E-state index in [4.69, 9.17) is 9.47 Å². The average molecular weight is 443 g/mol. The summed E-state index contributed by atoms with van der Waals surface area (Å²) in [4.78, 5) is 17.0. The Bertz CT molecular complexity index is 1060. The van der Waals surface area contributed by atoms with E-state index in [1.165, 1.54) is 6.21 Å². The number of hydrazone groups is 1. The minimum Gasteiger partial charge on any atom is -0.493 e. The molecule has 0 fully saturated rings. The van der Waals surface area contributed by atoms with Crippen LogP contribution in [0.4, 0.5) is 0 Å². The lowest BCUT2D eigenvalue weighted by atomic mass is 10.2. The Kier molecular flexibility index (Phi) is 6.10. The lowest BCUT2D eigenvalue weighted by Crippen LogP contribution is -2.20. The number of pyridine rings is 1. The Balaban J connectivity index is 1.76. The molecule has 0 unspecified atom stereocenters. The first-order chi connectivity index (χ1) is 13.5. The number of benzene rings is 1. The van der Waals surface area contributed by atoms with Crippen LogP contribution in [0, 0.1) is 6.92 Å². The first kappa shape index (κ1) is 19.6. The summed E-state index contributed by atoms with van der Waals surface area (Å²) in [6.07, 6.45) is 4.98. The lowest BCUT2D eigenvalue weighted by Gasteiger charge is -2.09. The van der Waals surface area contributed by atoms with E-state index in [9.17, 15) is 4.79 Å². The predicted octanol–water partition coefficient (Wildman–Crippen LogP) is 3.74. The fourth-order valence-electron chi connectivity index (χ4n) is 2.66. The molecular weight excluding hydrogens is 424 g/mol. The van der Waals surface area contributed by atoms with Gasteiger partial charge >= 0.3 is 0 Å². The Morgan fingerprint density at radius 1 is 1.36 bits per heavy atom. The van der Waals surface area contributed by atoms with Gasteiger partial charge in [0.2, 0.25) is 0 Å². The molecule has 3 rings (SSSR count). The number of rotatable bonds is 7. The van der Waals surface area contributed by atoms with E-state index in [-0.39, 0.29) is 5.91 Å². The van der Waals surface area contributed by atoms with Crippen LogP contribution in [-0.4, -0.2) is 35.2 Å². The SMILES string of the molecule is C=CCOc1ccc(/C=N\NC(=O)c2c(C)nc3ccc(Br)cn23)cc1OC. The third-order valence-corrected chi connectivity index (χ3v) is 4.36. The fraction of sp³-hybridized carbons (Fsp3) is 0.150. The van der Waals surface area contributed by atoms with Crippen LogP contribution in [0.1, 0.15) is 21.7 Å². The molecule has 1 aromatic carbocycles. The van der Waals surface area contributed by atoms with Crippen LogP contribution in [0.25, 0.3) is 5.65 Å². The highest BCUT2D eigenvalue weighted by molar-refractivity contribution is 9.10. The molecule has 0 aliphatic carbocycles. The Morgan fingerprint density at radius 3 is 2.93 bits per heavy atom. The van der Waals surface area contributed by atoms with Gasteiger partial charge in [-0.3, -0.25) is 9.20 Å². The van der Waals surface area contributed by atoms with Crippen LogP contribution in [0.5, 0.6) is 11.5 Å². The minimum absolute atomic E-state index is 0.350. The molecule has 8 heteroatoms. The van der Waals surface area contributed by atoms with Crippen LogP contribution in [0.15, 0.2) is 58.8 Å². The number of halogens is 1. The Hall–Kier alpha value is -3.13. The van der Waals surface area contributed by atoms with Gasteiger partial charge in [-0.25, -0.2) is 10.4 Å². The van der Waals surface area contributed by atoms with E-state index in [2.05, 4.69) is 38.0 Å². The second-order valence-electron chi connectivity index (χ2n) is 5.83. The van der Waals surface area contributed by atoms with E-state index in [1.807, 2.05) is 18.2 Å². The van der Waals surface area contributed by atoms with E-state index >= 15 is 0 Å². The minimum atomic E-state index is -0.350. The number of hydrogen-bond acceptors (Lipinski definition) is 5. The number of nitrogens with zero attached hydrogens (tertiary/aromatic N) is 3. The maximum atomic E-state index is 12.6. The van der Waals surface area contributed by atoms with Crippen molar-refractivity contribution in [3.05, 3.63) is 70.6 Å². The molecule has 1 N–H and O–H groups in total. The number of imidazole rings is 1. The highest BCUT2D eigenvalue weighted by Gasteiger charge is 2.16. The number of ether oxygens (including phenoxy) is 2. The molecule has 2 heterocycles. The van der Waals surface area contributed by atoms with Gasteiger partial charge in [-0.2, -0.15) is 5.10 Å². The summed E-state index contributed by atoms with van der Waals surface area (Å²) < 4.78 is 13.4.